The van der Waals surface area contributed by atoms with Gasteiger partial charge in [-0.2, -0.15) is 0 Å². The van der Waals surface area contributed by atoms with Crippen molar-refractivity contribution in [3.05, 3.63) is 28.8 Å². The van der Waals surface area contributed by atoms with Crippen molar-refractivity contribution < 1.29 is 14.7 Å². The highest BCUT2D eigenvalue weighted by Gasteiger charge is 2.26. The van der Waals surface area contributed by atoms with Gasteiger partial charge in [0.25, 0.3) is 0 Å². The quantitative estimate of drug-likeness (QED) is 0.746. The lowest BCUT2D eigenvalue weighted by Crippen LogP contribution is -2.39. The standard InChI is InChI=1S/C15H19ClN2O3/c1-9-4-2-6-11(13(9)16)18-15(21)14(20)17-8-10-5-3-7-12(10)19/h2,4,6,10,12,19H,3,5,7-8H2,1H3,(H,17,20)(H,18,21). The normalized spacial score (nSPS) is 21.1. The Labute approximate surface area is 128 Å². The Morgan fingerprint density at radius 1 is 1.33 bits per heavy atom. The van der Waals surface area contributed by atoms with Gasteiger partial charge in [0.15, 0.2) is 0 Å². The topological polar surface area (TPSA) is 78.4 Å². The average Bonchev–Trinajstić information content (AvgIpc) is 2.86. The Kier molecular flexibility index (Phi) is 5.20. The summed E-state index contributed by atoms with van der Waals surface area (Å²) in [4.78, 5) is 23.6. The Morgan fingerprint density at radius 3 is 2.76 bits per heavy atom. The third kappa shape index (κ3) is 3.95. The van der Waals surface area contributed by atoms with Crippen LogP contribution in [-0.4, -0.2) is 29.6 Å². The summed E-state index contributed by atoms with van der Waals surface area (Å²) in [6, 6.07) is 5.21. The number of hydrogen-bond acceptors (Lipinski definition) is 3. The second-order valence-electron chi connectivity index (χ2n) is 5.36. The van der Waals surface area contributed by atoms with Crippen molar-refractivity contribution in [2.24, 2.45) is 5.92 Å². The van der Waals surface area contributed by atoms with Gasteiger partial charge in [0.05, 0.1) is 16.8 Å². The molecule has 1 fully saturated rings. The molecule has 1 saturated carbocycles. The fourth-order valence-electron chi connectivity index (χ4n) is 2.48. The van der Waals surface area contributed by atoms with Crippen molar-refractivity contribution >= 4 is 29.1 Å². The van der Waals surface area contributed by atoms with Gasteiger partial charge < -0.3 is 15.7 Å². The minimum absolute atomic E-state index is 0.0318. The number of hydrogen-bond donors (Lipinski definition) is 3. The molecule has 6 heteroatoms. The van der Waals surface area contributed by atoms with Gasteiger partial charge in [-0.1, -0.05) is 30.2 Å². The van der Waals surface area contributed by atoms with Gasteiger partial charge >= 0.3 is 11.8 Å². The monoisotopic (exact) mass is 310 g/mol. The fourth-order valence-corrected chi connectivity index (χ4v) is 2.66. The van der Waals surface area contributed by atoms with Crippen LogP contribution in [0, 0.1) is 12.8 Å². The molecular formula is C15H19ClN2O3. The van der Waals surface area contributed by atoms with Gasteiger partial charge in [0.2, 0.25) is 0 Å². The molecule has 2 atom stereocenters. The highest BCUT2D eigenvalue weighted by molar-refractivity contribution is 6.41. The lowest BCUT2D eigenvalue weighted by molar-refractivity contribution is -0.136. The second kappa shape index (κ2) is 6.91. The third-order valence-electron chi connectivity index (χ3n) is 3.79. The summed E-state index contributed by atoms with van der Waals surface area (Å²) < 4.78 is 0. The minimum Gasteiger partial charge on any atom is -0.393 e. The Bertz CT molecular complexity index is 548. The Hall–Kier alpha value is -1.59. The van der Waals surface area contributed by atoms with E-state index in [1.54, 1.807) is 12.1 Å². The maximum absolute atomic E-state index is 11.8. The van der Waals surface area contributed by atoms with Gasteiger partial charge in [-0.25, -0.2) is 0 Å². The molecule has 0 aliphatic heterocycles. The van der Waals surface area contributed by atoms with Crippen LogP contribution in [0.5, 0.6) is 0 Å². The van der Waals surface area contributed by atoms with Gasteiger partial charge in [-0.3, -0.25) is 9.59 Å². The Morgan fingerprint density at radius 2 is 2.10 bits per heavy atom. The largest absolute Gasteiger partial charge is 0.393 e. The molecule has 2 rings (SSSR count). The zero-order chi connectivity index (χ0) is 15.4. The summed E-state index contributed by atoms with van der Waals surface area (Å²) in [5.41, 5.74) is 1.24. The molecule has 5 nitrogen and oxygen atoms in total. The van der Waals surface area contributed by atoms with Crippen LogP contribution in [-0.2, 0) is 9.59 Å². The first kappa shape index (κ1) is 15.8. The predicted octanol–water partition coefficient (Wildman–Crippen LogP) is 1.86. The van der Waals surface area contributed by atoms with Crippen LogP contribution in [0.4, 0.5) is 5.69 Å². The molecule has 114 valence electrons. The van der Waals surface area contributed by atoms with E-state index in [4.69, 9.17) is 11.6 Å². The number of aryl methyl sites for hydroxylation is 1. The molecule has 21 heavy (non-hydrogen) atoms. The number of anilines is 1. The van der Waals surface area contributed by atoms with Crippen molar-refractivity contribution in [1.82, 2.24) is 5.32 Å². The number of aliphatic hydroxyl groups excluding tert-OH is 1. The van der Waals surface area contributed by atoms with E-state index in [0.29, 0.717) is 17.3 Å². The van der Waals surface area contributed by atoms with Crippen LogP contribution in [0.1, 0.15) is 24.8 Å². The van der Waals surface area contributed by atoms with Crippen LogP contribution < -0.4 is 10.6 Å². The summed E-state index contributed by atoms with van der Waals surface area (Å²) >= 11 is 6.06. The smallest absolute Gasteiger partial charge is 0.313 e. The lowest BCUT2D eigenvalue weighted by Gasteiger charge is -2.15. The SMILES string of the molecule is Cc1cccc(NC(=O)C(=O)NCC2CCCC2O)c1Cl. The lowest BCUT2D eigenvalue weighted by atomic mass is 10.1. The number of halogens is 1. The van der Waals surface area contributed by atoms with Crippen molar-refractivity contribution in [2.45, 2.75) is 32.3 Å². The number of nitrogens with one attached hydrogen (secondary N) is 2. The van der Waals surface area contributed by atoms with Crippen LogP contribution in [0.25, 0.3) is 0 Å². The summed E-state index contributed by atoms with van der Waals surface area (Å²) in [5.74, 6) is -1.44. The van der Waals surface area contributed by atoms with Crippen LogP contribution >= 0.6 is 11.6 Å². The van der Waals surface area contributed by atoms with E-state index in [1.807, 2.05) is 13.0 Å². The molecule has 0 aromatic heterocycles. The van der Waals surface area contributed by atoms with Crippen molar-refractivity contribution in [1.29, 1.82) is 0 Å². The number of amides is 2. The molecule has 1 aromatic rings. The first-order chi connectivity index (χ1) is 9.99. The van der Waals surface area contributed by atoms with Gasteiger partial charge in [-0.05, 0) is 31.4 Å². The predicted molar refractivity (Wildman–Crippen MR) is 81.2 cm³/mol. The number of benzene rings is 1. The number of rotatable bonds is 3. The minimum atomic E-state index is -0.755. The zero-order valence-corrected chi connectivity index (χ0v) is 12.6. The number of aliphatic hydroxyl groups is 1. The van der Waals surface area contributed by atoms with Gasteiger partial charge in [0, 0.05) is 12.5 Å². The van der Waals surface area contributed by atoms with Crippen LogP contribution in [0.3, 0.4) is 0 Å². The number of carbonyl (C=O) groups excluding carboxylic acids is 2. The zero-order valence-electron chi connectivity index (χ0n) is 11.9. The van der Waals surface area contributed by atoms with E-state index in [0.717, 1.165) is 24.8 Å². The highest BCUT2D eigenvalue weighted by Crippen LogP contribution is 2.25. The maximum atomic E-state index is 11.8. The van der Waals surface area contributed by atoms with Crippen molar-refractivity contribution in [3.8, 4) is 0 Å². The van der Waals surface area contributed by atoms with E-state index >= 15 is 0 Å². The van der Waals surface area contributed by atoms with Crippen LogP contribution in [0.2, 0.25) is 5.02 Å². The second-order valence-corrected chi connectivity index (χ2v) is 5.74. The molecule has 0 radical (unpaired) electrons. The molecule has 2 amide bonds. The van der Waals surface area contributed by atoms with Gasteiger partial charge in [-0.15, -0.1) is 0 Å². The van der Waals surface area contributed by atoms with E-state index in [-0.39, 0.29) is 12.0 Å². The summed E-state index contributed by atoms with van der Waals surface area (Å²) in [6.07, 6.45) is 2.19. The van der Waals surface area contributed by atoms with E-state index in [2.05, 4.69) is 10.6 Å². The average molecular weight is 311 g/mol. The molecule has 3 N–H and O–H groups in total. The highest BCUT2D eigenvalue weighted by atomic mass is 35.5. The van der Waals surface area contributed by atoms with E-state index < -0.39 is 11.8 Å². The third-order valence-corrected chi connectivity index (χ3v) is 4.29. The first-order valence-electron chi connectivity index (χ1n) is 7.01. The molecule has 0 saturated heterocycles. The van der Waals surface area contributed by atoms with Crippen molar-refractivity contribution in [2.75, 3.05) is 11.9 Å². The van der Waals surface area contributed by atoms with E-state index in [1.165, 1.54) is 0 Å². The summed E-state index contributed by atoms with van der Waals surface area (Å²) in [6.45, 7) is 2.13. The molecule has 1 aliphatic carbocycles. The Balaban J connectivity index is 1.88. The van der Waals surface area contributed by atoms with E-state index in [9.17, 15) is 14.7 Å². The van der Waals surface area contributed by atoms with Gasteiger partial charge in [0.1, 0.15) is 0 Å². The summed E-state index contributed by atoms with van der Waals surface area (Å²) in [7, 11) is 0. The fraction of sp³-hybridized carbons (Fsp3) is 0.467. The molecular weight excluding hydrogens is 292 g/mol. The van der Waals surface area contributed by atoms with Crippen molar-refractivity contribution in [3.63, 3.8) is 0 Å². The molecule has 0 spiro atoms. The molecule has 2 unspecified atom stereocenters. The molecule has 0 heterocycles. The summed E-state index contributed by atoms with van der Waals surface area (Å²) in [5, 5.41) is 15.1. The molecule has 1 aliphatic rings. The van der Waals surface area contributed by atoms with Crippen LogP contribution in [0.15, 0.2) is 18.2 Å². The molecule has 1 aromatic carbocycles. The first-order valence-corrected chi connectivity index (χ1v) is 7.39. The maximum Gasteiger partial charge on any atom is 0.313 e. The molecule has 0 bridgehead atoms. The number of carbonyl (C=O) groups is 2.